The maximum absolute atomic E-state index is 11.9. The van der Waals surface area contributed by atoms with Gasteiger partial charge in [0.05, 0.1) is 24.9 Å². The number of carbonyl (C=O) groups excluding carboxylic acids is 2. The lowest BCUT2D eigenvalue weighted by Gasteiger charge is -2.11. The molecular weight excluding hydrogens is 378 g/mol. The van der Waals surface area contributed by atoms with E-state index in [0.29, 0.717) is 24.9 Å². The van der Waals surface area contributed by atoms with Gasteiger partial charge in [-0.1, -0.05) is 17.8 Å². The first-order chi connectivity index (χ1) is 12.6. The first-order valence-electron chi connectivity index (χ1n) is 8.11. The molecule has 1 fully saturated rings. The summed E-state index contributed by atoms with van der Waals surface area (Å²) in [4.78, 5) is 36.5. The molecule has 2 aromatic heterocycles. The number of nitrogens with one attached hydrogen (secondary N) is 3. The van der Waals surface area contributed by atoms with Crippen LogP contribution in [0.1, 0.15) is 17.7 Å². The van der Waals surface area contributed by atoms with Crippen LogP contribution in [0.2, 0.25) is 0 Å². The summed E-state index contributed by atoms with van der Waals surface area (Å²) in [5.74, 6) is -0.486. The van der Waals surface area contributed by atoms with Gasteiger partial charge in [-0.15, -0.1) is 16.4 Å². The Morgan fingerprint density at radius 1 is 1.50 bits per heavy atom. The number of amides is 3. The minimum absolute atomic E-state index is 0.0125. The Bertz CT molecular complexity index is 795. The maximum atomic E-state index is 11.9. The molecule has 0 radical (unpaired) electrons. The van der Waals surface area contributed by atoms with Crippen LogP contribution in [0.15, 0.2) is 27.5 Å². The van der Waals surface area contributed by atoms with Crippen LogP contribution in [0.4, 0.5) is 4.79 Å². The molecule has 1 unspecified atom stereocenters. The zero-order valence-corrected chi connectivity index (χ0v) is 15.5. The number of ether oxygens (including phenoxy) is 1. The van der Waals surface area contributed by atoms with Gasteiger partial charge in [0.1, 0.15) is 0 Å². The van der Waals surface area contributed by atoms with Gasteiger partial charge in [0.15, 0.2) is 5.16 Å². The molecule has 2 aromatic rings. The molecule has 26 heavy (non-hydrogen) atoms. The number of aromatic amines is 1. The summed E-state index contributed by atoms with van der Waals surface area (Å²) in [7, 11) is 0. The molecule has 1 aliphatic rings. The number of thiophene rings is 1. The largest absolute Gasteiger partial charge is 0.376 e. The number of rotatable bonds is 7. The van der Waals surface area contributed by atoms with Gasteiger partial charge in [0.25, 0.3) is 0 Å². The lowest BCUT2D eigenvalue weighted by atomic mass is 10.2. The number of urea groups is 1. The standard InChI is InChI=1S/C15H19N5O4S2/c21-12(17-13(22)16-7-11-4-2-6-25-11)9-26-15-19-18-14(23)20(15)8-10-3-1-5-24-10/h2,4,6,10H,1,3,5,7-9H2,(H,18,23)(H2,16,17,21,22). The van der Waals surface area contributed by atoms with Crippen molar-refractivity contribution >= 4 is 35.0 Å². The number of H-pyrrole nitrogens is 1. The molecular formula is C15H19N5O4S2. The minimum atomic E-state index is -0.553. The molecule has 1 saturated heterocycles. The van der Waals surface area contributed by atoms with E-state index >= 15 is 0 Å². The monoisotopic (exact) mass is 397 g/mol. The number of hydrogen-bond donors (Lipinski definition) is 3. The van der Waals surface area contributed by atoms with Crippen molar-refractivity contribution in [3.8, 4) is 0 Å². The van der Waals surface area contributed by atoms with Crippen molar-refractivity contribution in [2.45, 2.75) is 37.2 Å². The van der Waals surface area contributed by atoms with Crippen molar-refractivity contribution in [2.24, 2.45) is 0 Å². The lowest BCUT2D eigenvalue weighted by molar-refractivity contribution is -0.117. The first kappa shape index (κ1) is 18.7. The highest BCUT2D eigenvalue weighted by Crippen LogP contribution is 2.17. The molecule has 0 aromatic carbocycles. The Kier molecular flexibility index (Phi) is 6.47. The number of carbonyl (C=O) groups is 2. The van der Waals surface area contributed by atoms with Crippen LogP contribution >= 0.6 is 23.1 Å². The third-order valence-corrected chi connectivity index (χ3v) is 5.57. The van der Waals surface area contributed by atoms with E-state index in [1.165, 1.54) is 15.9 Å². The van der Waals surface area contributed by atoms with Gasteiger partial charge in [0, 0.05) is 11.5 Å². The van der Waals surface area contributed by atoms with Crippen LogP contribution in [0, 0.1) is 0 Å². The molecule has 3 amide bonds. The summed E-state index contributed by atoms with van der Waals surface area (Å²) < 4.78 is 6.99. The summed E-state index contributed by atoms with van der Waals surface area (Å²) >= 11 is 2.61. The van der Waals surface area contributed by atoms with Crippen LogP contribution in [0.25, 0.3) is 0 Å². The molecule has 3 heterocycles. The quantitative estimate of drug-likeness (QED) is 0.598. The number of thioether (sulfide) groups is 1. The van der Waals surface area contributed by atoms with Crippen molar-refractivity contribution in [3.63, 3.8) is 0 Å². The van der Waals surface area contributed by atoms with E-state index in [2.05, 4.69) is 20.8 Å². The van der Waals surface area contributed by atoms with E-state index in [1.807, 2.05) is 17.5 Å². The molecule has 3 rings (SSSR count). The highest BCUT2D eigenvalue weighted by Gasteiger charge is 2.20. The molecule has 0 spiro atoms. The number of nitrogens with zero attached hydrogens (tertiary/aromatic N) is 2. The summed E-state index contributed by atoms with van der Waals surface area (Å²) in [5.41, 5.74) is -0.336. The third kappa shape index (κ3) is 5.19. The number of imide groups is 1. The summed E-state index contributed by atoms with van der Waals surface area (Å²) in [6, 6.07) is 3.23. The van der Waals surface area contributed by atoms with Gasteiger partial charge in [-0.25, -0.2) is 14.7 Å². The molecule has 140 valence electrons. The normalized spacial score (nSPS) is 16.5. The average molecular weight is 397 g/mol. The lowest BCUT2D eigenvalue weighted by Crippen LogP contribution is -2.39. The van der Waals surface area contributed by atoms with Crippen LogP contribution in [0.3, 0.4) is 0 Å². The number of aromatic nitrogens is 3. The van der Waals surface area contributed by atoms with E-state index in [9.17, 15) is 14.4 Å². The fourth-order valence-corrected chi connectivity index (χ4v) is 3.88. The topological polar surface area (TPSA) is 118 Å². The highest BCUT2D eigenvalue weighted by atomic mass is 32.2. The zero-order chi connectivity index (χ0) is 18.4. The molecule has 9 nitrogen and oxygen atoms in total. The van der Waals surface area contributed by atoms with Crippen molar-refractivity contribution in [2.75, 3.05) is 12.4 Å². The SMILES string of the molecule is O=C(CSc1n[nH]c(=O)n1CC1CCCO1)NC(=O)NCc1cccs1. The summed E-state index contributed by atoms with van der Waals surface area (Å²) in [5, 5.41) is 13.5. The van der Waals surface area contributed by atoms with Crippen molar-refractivity contribution in [3.05, 3.63) is 32.9 Å². The molecule has 3 N–H and O–H groups in total. The minimum Gasteiger partial charge on any atom is -0.376 e. The second-order valence-electron chi connectivity index (χ2n) is 5.66. The van der Waals surface area contributed by atoms with Crippen LogP contribution in [-0.2, 0) is 22.6 Å². The average Bonchev–Trinajstić information content (AvgIpc) is 3.36. The second-order valence-corrected chi connectivity index (χ2v) is 7.63. The van der Waals surface area contributed by atoms with Gasteiger partial charge in [-0.05, 0) is 24.3 Å². The van der Waals surface area contributed by atoms with Gasteiger partial charge in [0.2, 0.25) is 5.91 Å². The predicted octanol–water partition coefficient (Wildman–Crippen LogP) is 0.930. The predicted molar refractivity (Wildman–Crippen MR) is 97.2 cm³/mol. The van der Waals surface area contributed by atoms with Gasteiger partial charge < -0.3 is 10.1 Å². The van der Waals surface area contributed by atoms with E-state index in [0.717, 1.165) is 29.5 Å². The van der Waals surface area contributed by atoms with Gasteiger partial charge in [-0.3, -0.25) is 14.7 Å². The second kappa shape index (κ2) is 9.01. The molecule has 1 aliphatic heterocycles. The van der Waals surface area contributed by atoms with Crippen molar-refractivity contribution in [1.82, 2.24) is 25.4 Å². The van der Waals surface area contributed by atoms with E-state index in [1.54, 1.807) is 0 Å². The Morgan fingerprint density at radius 2 is 2.38 bits per heavy atom. The van der Waals surface area contributed by atoms with E-state index < -0.39 is 11.9 Å². The number of hydrogen-bond acceptors (Lipinski definition) is 7. The van der Waals surface area contributed by atoms with Crippen LogP contribution in [-0.4, -0.2) is 45.2 Å². The Labute approximate surface area is 157 Å². The molecule has 0 saturated carbocycles. The maximum Gasteiger partial charge on any atom is 0.344 e. The zero-order valence-electron chi connectivity index (χ0n) is 13.9. The van der Waals surface area contributed by atoms with E-state index in [4.69, 9.17) is 4.74 Å². The molecule has 0 bridgehead atoms. The van der Waals surface area contributed by atoms with Crippen molar-refractivity contribution < 1.29 is 14.3 Å². The smallest absolute Gasteiger partial charge is 0.344 e. The fraction of sp³-hybridized carbons (Fsp3) is 0.467. The highest BCUT2D eigenvalue weighted by molar-refractivity contribution is 7.99. The molecule has 11 heteroatoms. The third-order valence-electron chi connectivity index (χ3n) is 3.72. The molecule has 1 atom stereocenters. The Balaban J connectivity index is 1.45. The van der Waals surface area contributed by atoms with Crippen molar-refractivity contribution in [1.29, 1.82) is 0 Å². The first-order valence-corrected chi connectivity index (χ1v) is 9.98. The molecule has 0 aliphatic carbocycles. The Hall–Kier alpha value is -2.11. The van der Waals surface area contributed by atoms with Gasteiger partial charge >= 0.3 is 11.7 Å². The van der Waals surface area contributed by atoms with Crippen LogP contribution < -0.4 is 16.3 Å². The Morgan fingerprint density at radius 3 is 3.12 bits per heavy atom. The summed E-state index contributed by atoms with van der Waals surface area (Å²) in [6.07, 6.45) is 1.86. The van der Waals surface area contributed by atoms with E-state index in [-0.39, 0.29) is 17.5 Å². The van der Waals surface area contributed by atoms with Gasteiger partial charge in [-0.2, -0.15) is 0 Å². The summed E-state index contributed by atoms with van der Waals surface area (Å²) in [6.45, 7) is 1.47. The van der Waals surface area contributed by atoms with Crippen LogP contribution in [0.5, 0.6) is 0 Å². The fourth-order valence-electron chi connectivity index (χ4n) is 2.48.